The van der Waals surface area contributed by atoms with Crippen LogP contribution in [0.2, 0.25) is 0 Å². The lowest BCUT2D eigenvalue weighted by molar-refractivity contribution is 0.0442. The van der Waals surface area contributed by atoms with Gasteiger partial charge in [0.05, 0.1) is 13.7 Å². The maximum Gasteiger partial charge on any atom is 0.130 e. The van der Waals surface area contributed by atoms with Crippen molar-refractivity contribution in [3.8, 4) is 0 Å². The van der Waals surface area contributed by atoms with Crippen LogP contribution < -0.4 is 5.32 Å². The lowest BCUT2D eigenvalue weighted by Gasteiger charge is -2.35. The molecular weight excluding hydrogens is 234 g/mol. The van der Waals surface area contributed by atoms with Gasteiger partial charge < -0.3 is 10.4 Å². The highest BCUT2D eigenvalue weighted by Crippen LogP contribution is 2.36. The Labute approximate surface area is 128 Å². The maximum absolute atomic E-state index is 11.9. The molecule has 0 saturated carbocycles. The van der Waals surface area contributed by atoms with E-state index < -0.39 is 83.2 Å². The molecule has 0 spiro atoms. The van der Waals surface area contributed by atoms with Crippen molar-refractivity contribution in [2.75, 3.05) is 6.54 Å². The van der Waals surface area contributed by atoms with Crippen LogP contribution in [0, 0.1) is 0 Å². The molecule has 0 radical (unpaired) electrons. The number of hydrogen-bond acceptors (Lipinski definition) is 2. The summed E-state index contributed by atoms with van der Waals surface area (Å²) in [5.41, 5.74) is -3.46. The minimum atomic E-state index is -2.43. The molecule has 0 amide bonds. The van der Waals surface area contributed by atoms with Gasteiger partial charge in [0.1, 0.15) is 5.60 Å². The van der Waals surface area contributed by atoms with Crippen molar-refractivity contribution in [1.82, 2.24) is 5.32 Å². The Kier molecular flexibility index (Phi) is 1.46. The Hall–Kier alpha value is -1.64. The average molecular weight is 263 g/mol. The molecule has 0 aliphatic carbocycles. The first kappa shape index (κ1) is 5.39. The molecule has 98 valence electrons. The van der Waals surface area contributed by atoms with Crippen LogP contribution >= 0.6 is 0 Å². The van der Waals surface area contributed by atoms with E-state index >= 15 is 0 Å². The Morgan fingerprint density at radius 3 is 1.95 bits per heavy atom. The third-order valence-electron chi connectivity index (χ3n) is 3.33. The Morgan fingerprint density at radius 2 is 1.53 bits per heavy atom. The van der Waals surface area contributed by atoms with Gasteiger partial charge in [0.2, 0.25) is 0 Å². The maximum atomic E-state index is 11.9. The van der Waals surface area contributed by atoms with Crippen molar-refractivity contribution in [3.05, 3.63) is 71.6 Å². The van der Waals surface area contributed by atoms with Crippen molar-refractivity contribution in [1.29, 1.82) is 0 Å². The number of rotatable bonds is 3. The second kappa shape index (κ2) is 5.16. The zero-order valence-corrected chi connectivity index (χ0v) is 10.1. The first-order chi connectivity index (χ1) is 13.5. The molecule has 2 heteroatoms. The van der Waals surface area contributed by atoms with Crippen LogP contribution in [-0.2, 0) is 5.60 Å². The second-order valence-corrected chi connectivity index (χ2v) is 4.42. The van der Waals surface area contributed by atoms with E-state index in [9.17, 15) is 5.11 Å². The van der Waals surface area contributed by atoms with Crippen molar-refractivity contribution in [2.24, 2.45) is 0 Å². The van der Waals surface area contributed by atoms with Gasteiger partial charge in [0, 0.05) is 6.04 Å². The summed E-state index contributed by atoms with van der Waals surface area (Å²) in [7, 11) is 0. The fourth-order valence-electron chi connectivity index (χ4n) is 2.40. The van der Waals surface area contributed by atoms with Crippen LogP contribution in [0.1, 0.15) is 37.7 Å². The lowest BCUT2D eigenvalue weighted by Crippen LogP contribution is -2.46. The van der Waals surface area contributed by atoms with Gasteiger partial charge in [-0.25, -0.2) is 0 Å². The quantitative estimate of drug-likeness (QED) is 0.892. The predicted octanol–water partition coefficient (Wildman–Crippen LogP) is 2.67. The zero-order chi connectivity index (χ0) is 21.8. The fourth-order valence-corrected chi connectivity index (χ4v) is 2.40. The molecule has 1 aliphatic rings. The standard InChI is InChI=1S/C17H19NO/c19-17(16-12-7-13-18-16,14-8-3-1-4-9-14)15-10-5-2-6-11-15/h1-6,8-11,16,18-19H,7,12-13H2/t16-/m1/s1/i1D,2D,3D,4D,5D,6D,8D,9D,10D,11D. The van der Waals surface area contributed by atoms with Crippen LogP contribution in [0.3, 0.4) is 0 Å². The van der Waals surface area contributed by atoms with Gasteiger partial charge in [0.25, 0.3) is 0 Å². The van der Waals surface area contributed by atoms with Crippen molar-refractivity contribution >= 4 is 0 Å². The van der Waals surface area contributed by atoms with Crippen molar-refractivity contribution < 1.29 is 18.8 Å². The molecule has 2 nitrogen and oxygen atoms in total. The normalized spacial score (nSPS) is 26.9. The predicted molar refractivity (Wildman–Crippen MR) is 76.9 cm³/mol. The van der Waals surface area contributed by atoms with Gasteiger partial charge in [-0.2, -0.15) is 0 Å². The first-order valence-electron chi connectivity index (χ1n) is 11.1. The Balaban J connectivity index is 2.50. The summed E-state index contributed by atoms with van der Waals surface area (Å²) in [4.78, 5) is 0. The molecular formula is C17H19NO. The number of nitrogens with one attached hydrogen (secondary N) is 1. The van der Waals surface area contributed by atoms with Gasteiger partial charge in [-0.1, -0.05) is 60.4 Å². The molecule has 0 bridgehead atoms. The van der Waals surface area contributed by atoms with E-state index in [0.29, 0.717) is 19.4 Å². The number of hydrogen-bond donors (Lipinski definition) is 2. The van der Waals surface area contributed by atoms with Crippen LogP contribution in [0.4, 0.5) is 0 Å². The van der Waals surface area contributed by atoms with E-state index in [1.54, 1.807) is 0 Å². The van der Waals surface area contributed by atoms with E-state index in [2.05, 4.69) is 5.32 Å². The molecule has 1 atom stereocenters. The van der Waals surface area contributed by atoms with Crippen LogP contribution in [0.25, 0.3) is 0 Å². The summed E-state index contributed by atoms with van der Waals surface area (Å²) in [6.07, 6.45) is 0.922. The molecule has 0 unspecified atom stereocenters. The van der Waals surface area contributed by atoms with E-state index in [1.807, 2.05) is 0 Å². The third kappa shape index (κ3) is 2.18. The highest BCUT2D eigenvalue weighted by atomic mass is 16.3. The highest BCUT2D eigenvalue weighted by molar-refractivity contribution is 5.38. The highest BCUT2D eigenvalue weighted by Gasteiger charge is 2.41. The van der Waals surface area contributed by atoms with Gasteiger partial charge in [-0.3, -0.25) is 0 Å². The largest absolute Gasteiger partial charge is 0.379 e. The van der Waals surface area contributed by atoms with Crippen LogP contribution in [0.5, 0.6) is 0 Å². The number of aliphatic hydroxyl groups is 1. The van der Waals surface area contributed by atoms with Crippen LogP contribution in [-0.4, -0.2) is 17.7 Å². The molecule has 2 aromatic rings. The molecule has 1 heterocycles. The van der Waals surface area contributed by atoms with E-state index in [1.165, 1.54) is 0 Å². The molecule has 2 aromatic carbocycles. The van der Waals surface area contributed by atoms with Gasteiger partial charge in [-0.05, 0) is 30.5 Å². The number of benzene rings is 2. The fraction of sp³-hybridized carbons (Fsp3) is 0.294. The summed E-state index contributed by atoms with van der Waals surface area (Å²) in [6, 6.07) is -7.63. The first-order valence-corrected chi connectivity index (χ1v) is 6.06. The van der Waals surface area contributed by atoms with Crippen molar-refractivity contribution in [3.63, 3.8) is 0 Å². The Morgan fingerprint density at radius 1 is 1.00 bits per heavy atom. The smallest absolute Gasteiger partial charge is 0.130 e. The lowest BCUT2D eigenvalue weighted by atomic mass is 9.79. The second-order valence-electron chi connectivity index (χ2n) is 4.42. The topological polar surface area (TPSA) is 32.3 Å². The SMILES string of the molecule is [2H]c1c([2H])c([2H])c(C(O)(c2c([2H])c([2H])c([2H])c([2H])c2[2H])[C@H]2CCCN2)c([2H])c1[2H]. The van der Waals surface area contributed by atoms with E-state index in [4.69, 9.17) is 13.7 Å². The minimum Gasteiger partial charge on any atom is -0.379 e. The molecule has 2 N–H and O–H groups in total. The monoisotopic (exact) mass is 263 g/mol. The summed E-state index contributed by atoms with van der Waals surface area (Å²) < 4.78 is 80.4. The Bertz CT molecular complexity index is 875. The summed E-state index contributed by atoms with van der Waals surface area (Å²) in [6.45, 7) is 0.463. The third-order valence-corrected chi connectivity index (χ3v) is 3.33. The zero-order valence-electron chi connectivity index (χ0n) is 20.1. The van der Waals surface area contributed by atoms with Crippen LogP contribution in [0.15, 0.2) is 60.4 Å². The molecule has 1 saturated heterocycles. The molecule has 0 aromatic heterocycles. The summed E-state index contributed by atoms with van der Waals surface area (Å²) in [5, 5.41) is 14.8. The van der Waals surface area contributed by atoms with Gasteiger partial charge in [0.15, 0.2) is 0 Å². The molecule has 1 fully saturated rings. The summed E-state index contributed by atoms with van der Waals surface area (Å²) in [5.74, 6) is 0. The van der Waals surface area contributed by atoms with E-state index in [0.717, 1.165) is 0 Å². The van der Waals surface area contributed by atoms with Gasteiger partial charge in [-0.15, -0.1) is 0 Å². The van der Waals surface area contributed by atoms with E-state index in [-0.39, 0.29) is 0 Å². The molecule has 3 rings (SSSR count). The van der Waals surface area contributed by atoms with Crippen molar-refractivity contribution in [2.45, 2.75) is 24.5 Å². The molecule has 19 heavy (non-hydrogen) atoms. The molecule has 1 aliphatic heterocycles. The minimum absolute atomic E-state index is 0.320. The van der Waals surface area contributed by atoms with Gasteiger partial charge >= 0.3 is 0 Å². The average Bonchev–Trinajstić information content (AvgIpc) is 3.23. The summed E-state index contributed by atoms with van der Waals surface area (Å²) >= 11 is 0.